The zero-order valence-electron chi connectivity index (χ0n) is 11.4. The molecular formula is C14H21N3O. The molecule has 1 N–H and O–H groups in total. The highest BCUT2D eigenvalue weighted by Gasteiger charge is 2.16. The SMILES string of the molecule is C#CCC(CC)NC(=O)c1cc(CC)nn1CC. The second kappa shape index (κ2) is 6.85. The van der Waals surface area contributed by atoms with Crippen LogP contribution in [0.3, 0.4) is 0 Å². The van der Waals surface area contributed by atoms with Crippen LogP contribution in [0.5, 0.6) is 0 Å². The summed E-state index contributed by atoms with van der Waals surface area (Å²) in [6.07, 6.45) is 7.50. The molecule has 1 aromatic heterocycles. The molecule has 0 aliphatic heterocycles. The van der Waals surface area contributed by atoms with Crippen molar-refractivity contribution in [3.05, 3.63) is 17.5 Å². The summed E-state index contributed by atoms with van der Waals surface area (Å²) < 4.78 is 1.73. The third kappa shape index (κ3) is 3.36. The number of nitrogens with one attached hydrogen (secondary N) is 1. The first-order valence-corrected chi connectivity index (χ1v) is 6.47. The number of nitrogens with zero attached hydrogens (tertiary/aromatic N) is 2. The van der Waals surface area contributed by atoms with Crippen molar-refractivity contribution in [3.8, 4) is 12.3 Å². The van der Waals surface area contributed by atoms with Crippen LogP contribution in [0.2, 0.25) is 0 Å². The van der Waals surface area contributed by atoms with E-state index in [1.54, 1.807) is 4.68 Å². The van der Waals surface area contributed by atoms with E-state index in [0.717, 1.165) is 18.5 Å². The first-order valence-electron chi connectivity index (χ1n) is 6.47. The van der Waals surface area contributed by atoms with Crippen molar-refractivity contribution in [2.24, 2.45) is 0 Å². The van der Waals surface area contributed by atoms with Crippen molar-refractivity contribution in [1.29, 1.82) is 0 Å². The minimum atomic E-state index is -0.0915. The number of aryl methyl sites for hydroxylation is 2. The van der Waals surface area contributed by atoms with Gasteiger partial charge in [-0.3, -0.25) is 9.48 Å². The second-order valence-corrected chi connectivity index (χ2v) is 4.18. The number of carbonyl (C=O) groups is 1. The quantitative estimate of drug-likeness (QED) is 0.781. The fourth-order valence-electron chi connectivity index (χ4n) is 1.77. The van der Waals surface area contributed by atoms with Gasteiger partial charge in [0.25, 0.3) is 5.91 Å². The molecule has 1 heterocycles. The van der Waals surface area contributed by atoms with Crippen LogP contribution in [-0.2, 0) is 13.0 Å². The Labute approximate surface area is 109 Å². The highest BCUT2D eigenvalue weighted by atomic mass is 16.2. The maximum absolute atomic E-state index is 12.2. The molecule has 18 heavy (non-hydrogen) atoms. The van der Waals surface area contributed by atoms with E-state index in [-0.39, 0.29) is 11.9 Å². The van der Waals surface area contributed by atoms with E-state index >= 15 is 0 Å². The molecule has 1 atom stereocenters. The van der Waals surface area contributed by atoms with Crippen molar-refractivity contribution < 1.29 is 4.79 Å². The summed E-state index contributed by atoms with van der Waals surface area (Å²) in [6.45, 7) is 6.70. The largest absolute Gasteiger partial charge is 0.347 e. The normalized spacial score (nSPS) is 11.9. The molecule has 1 amide bonds. The van der Waals surface area contributed by atoms with Gasteiger partial charge in [0.05, 0.1) is 5.69 Å². The number of hydrogen-bond acceptors (Lipinski definition) is 2. The summed E-state index contributed by atoms with van der Waals surface area (Å²) in [4.78, 5) is 12.2. The van der Waals surface area contributed by atoms with Gasteiger partial charge in [-0.2, -0.15) is 5.10 Å². The van der Waals surface area contributed by atoms with Gasteiger partial charge in [0, 0.05) is 19.0 Å². The van der Waals surface area contributed by atoms with Gasteiger partial charge in [0.1, 0.15) is 5.69 Å². The van der Waals surface area contributed by atoms with Gasteiger partial charge in [-0.1, -0.05) is 13.8 Å². The van der Waals surface area contributed by atoms with Crippen molar-refractivity contribution in [3.63, 3.8) is 0 Å². The molecule has 0 aliphatic rings. The number of amides is 1. The standard InChI is InChI=1S/C14H21N3O/c1-5-9-11(6-2)15-14(18)13-10-12(7-3)16-17(13)8-4/h1,10-11H,6-9H2,2-4H3,(H,15,18). The van der Waals surface area contributed by atoms with Crippen LogP contribution < -0.4 is 5.32 Å². The Morgan fingerprint density at radius 3 is 2.78 bits per heavy atom. The molecule has 0 fully saturated rings. The Bertz CT molecular complexity index is 442. The van der Waals surface area contributed by atoms with E-state index in [4.69, 9.17) is 6.42 Å². The minimum Gasteiger partial charge on any atom is -0.347 e. The van der Waals surface area contributed by atoms with Crippen LogP contribution in [-0.4, -0.2) is 21.7 Å². The van der Waals surface area contributed by atoms with E-state index in [1.165, 1.54) is 0 Å². The van der Waals surface area contributed by atoms with E-state index < -0.39 is 0 Å². The molecule has 0 radical (unpaired) electrons. The summed E-state index contributed by atoms with van der Waals surface area (Å²) in [5.41, 5.74) is 1.55. The molecule has 0 aliphatic carbocycles. The fourth-order valence-corrected chi connectivity index (χ4v) is 1.77. The molecule has 1 aromatic rings. The molecule has 0 saturated carbocycles. The third-order valence-corrected chi connectivity index (χ3v) is 2.92. The Morgan fingerprint density at radius 2 is 2.28 bits per heavy atom. The zero-order valence-corrected chi connectivity index (χ0v) is 11.4. The van der Waals surface area contributed by atoms with Gasteiger partial charge >= 0.3 is 0 Å². The predicted molar refractivity (Wildman–Crippen MR) is 72.3 cm³/mol. The van der Waals surface area contributed by atoms with Gasteiger partial charge in [0.2, 0.25) is 0 Å². The molecule has 0 aromatic carbocycles. The topological polar surface area (TPSA) is 46.9 Å². The molecule has 0 spiro atoms. The van der Waals surface area contributed by atoms with Crippen molar-refractivity contribution >= 4 is 5.91 Å². The fraction of sp³-hybridized carbons (Fsp3) is 0.571. The van der Waals surface area contributed by atoms with E-state index in [9.17, 15) is 4.79 Å². The monoisotopic (exact) mass is 247 g/mol. The minimum absolute atomic E-state index is 0.0350. The van der Waals surface area contributed by atoms with Crippen LogP contribution in [0.25, 0.3) is 0 Å². The number of hydrogen-bond donors (Lipinski definition) is 1. The number of aromatic nitrogens is 2. The van der Waals surface area contributed by atoms with E-state index in [1.807, 2.05) is 26.8 Å². The Morgan fingerprint density at radius 1 is 1.56 bits per heavy atom. The van der Waals surface area contributed by atoms with Crippen molar-refractivity contribution in [1.82, 2.24) is 15.1 Å². The average molecular weight is 247 g/mol. The second-order valence-electron chi connectivity index (χ2n) is 4.18. The van der Waals surface area contributed by atoms with E-state index in [0.29, 0.717) is 18.7 Å². The van der Waals surface area contributed by atoms with Gasteiger partial charge < -0.3 is 5.32 Å². The Hall–Kier alpha value is -1.76. The zero-order chi connectivity index (χ0) is 13.5. The van der Waals surface area contributed by atoms with Gasteiger partial charge in [-0.15, -0.1) is 12.3 Å². The van der Waals surface area contributed by atoms with Crippen LogP contribution in [0.15, 0.2) is 6.07 Å². The molecule has 98 valence electrons. The summed E-state index contributed by atoms with van der Waals surface area (Å²) in [6, 6.07) is 1.88. The maximum Gasteiger partial charge on any atom is 0.269 e. The molecule has 0 bridgehead atoms. The predicted octanol–water partition coefficient (Wildman–Crippen LogP) is 2.00. The Kier molecular flexibility index (Phi) is 5.44. The summed E-state index contributed by atoms with van der Waals surface area (Å²) in [7, 11) is 0. The highest BCUT2D eigenvalue weighted by Crippen LogP contribution is 2.07. The molecule has 1 rings (SSSR count). The maximum atomic E-state index is 12.2. The van der Waals surface area contributed by atoms with Crippen molar-refractivity contribution in [2.45, 2.75) is 52.6 Å². The molecule has 4 nitrogen and oxygen atoms in total. The number of carbonyl (C=O) groups excluding carboxylic acids is 1. The lowest BCUT2D eigenvalue weighted by Gasteiger charge is -2.14. The Balaban J connectivity index is 2.83. The third-order valence-electron chi connectivity index (χ3n) is 2.92. The molecule has 1 unspecified atom stereocenters. The highest BCUT2D eigenvalue weighted by molar-refractivity contribution is 5.92. The molecule has 0 saturated heterocycles. The first-order chi connectivity index (χ1) is 8.65. The van der Waals surface area contributed by atoms with Gasteiger partial charge in [-0.25, -0.2) is 0 Å². The lowest BCUT2D eigenvalue weighted by atomic mass is 10.1. The average Bonchev–Trinajstić information content (AvgIpc) is 2.81. The van der Waals surface area contributed by atoms with E-state index in [2.05, 4.69) is 16.3 Å². The van der Waals surface area contributed by atoms with Gasteiger partial charge in [0.15, 0.2) is 0 Å². The first kappa shape index (κ1) is 14.3. The van der Waals surface area contributed by atoms with Crippen molar-refractivity contribution in [2.75, 3.05) is 0 Å². The number of terminal acetylenes is 1. The van der Waals surface area contributed by atoms with Crippen LogP contribution in [0, 0.1) is 12.3 Å². The smallest absolute Gasteiger partial charge is 0.269 e. The lowest BCUT2D eigenvalue weighted by molar-refractivity contribution is 0.0926. The van der Waals surface area contributed by atoms with Crippen LogP contribution >= 0.6 is 0 Å². The number of rotatable bonds is 6. The molecule has 4 heteroatoms. The van der Waals surface area contributed by atoms with Crippen LogP contribution in [0.1, 0.15) is 49.8 Å². The van der Waals surface area contributed by atoms with Gasteiger partial charge in [-0.05, 0) is 25.8 Å². The van der Waals surface area contributed by atoms with Crippen LogP contribution in [0.4, 0.5) is 0 Å². The summed E-state index contributed by atoms with van der Waals surface area (Å²) >= 11 is 0. The summed E-state index contributed by atoms with van der Waals surface area (Å²) in [5, 5.41) is 7.32. The summed E-state index contributed by atoms with van der Waals surface area (Å²) in [5.74, 6) is 2.49. The molecular weight excluding hydrogens is 226 g/mol. The lowest BCUT2D eigenvalue weighted by Crippen LogP contribution is -2.35.